The summed E-state index contributed by atoms with van der Waals surface area (Å²) in [5, 5.41) is 0. The first-order valence-electron chi connectivity index (χ1n) is 7.74. The van der Waals surface area contributed by atoms with Crippen LogP contribution in [0.5, 0.6) is 0 Å². The Kier molecular flexibility index (Phi) is 6.09. The molecule has 0 nitrogen and oxygen atoms in total. The van der Waals surface area contributed by atoms with E-state index in [2.05, 4.69) is 75.9 Å². The Morgan fingerprint density at radius 2 is 2.00 bits per heavy atom. The number of hydrogen-bond acceptors (Lipinski definition) is 1. The van der Waals surface area contributed by atoms with Gasteiger partial charge in [0.05, 0.1) is 0 Å². The number of benzene rings is 1. The average molecular weight is 308 g/mol. The molecule has 0 saturated carbocycles. The average Bonchev–Trinajstić information content (AvgIpc) is 2.51. The summed E-state index contributed by atoms with van der Waals surface area (Å²) in [6, 6.07) is 6.50. The zero-order chi connectivity index (χ0) is 15.9. The Balaban J connectivity index is 2.43. The molecule has 0 unspecified atom stereocenters. The third kappa shape index (κ3) is 4.38. The maximum Gasteiger partial charge on any atom is 0.0229 e. The summed E-state index contributed by atoms with van der Waals surface area (Å²) >= 11 is 1.86. The van der Waals surface area contributed by atoms with Crippen LogP contribution in [0.25, 0.3) is 5.57 Å². The molecule has 22 heavy (non-hydrogen) atoms. The molecule has 0 fully saturated rings. The van der Waals surface area contributed by atoms with E-state index >= 15 is 0 Å². The number of hydrogen-bond donors (Lipinski definition) is 0. The van der Waals surface area contributed by atoms with Gasteiger partial charge in [0, 0.05) is 9.80 Å². The lowest BCUT2D eigenvalue weighted by atomic mass is 10.0. The molecule has 0 spiro atoms. The lowest BCUT2D eigenvalue weighted by molar-refractivity contribution is 1.03. The third-order valence-electron chi connectivity index (χ3n) is 3.52. The molecule has 2 rings (SSSR count). The second-order valence-electron chi connectivity index (χ2n) is 5.71. The summed E-state index contributed by atoms with van der Waals surface area (Å²) in [7, 11) is 0. The van der Waals surface area contributed by atoms with Crippen molar-refractivity contribution in [3.05, 3.63) is 82.8 Å². The molecule has 0 heterocycles. The standard InChI is InChI=1S/C21H24S/c1-5-18(15-14-16(2)3)20-13-9-10-17(4)21(20)22-19-11-7-6-8-12-19/h5,7,9-15H,1,6,8H2,2-4H3/b18-15+. The zero-order valence-electron chi connectivity index (χ0n) is 13.7. The fraction of sp³-hybridized carbons (Fsp3) is 0.238. The van der Waals surface area contributed by atoms with Gasteiger partial charge in [-0.05, 0) is 50.3 Å². The van der Waals surface area contributed by atoms with E-state index in [9.17, 15) is 0 Å². The summed E-state index contributed by atoms with van der Waals surface area (Å²) in [6.07, 6.45) is 15.4. The Bertz CT molecular complexity index is 665. The first-order valence-corrected chi connectivity index (χ1v) is 8.55. The van der Waals surface area contributed by atoms with Gasteiger partial charge in [0.1, 0.15) is 0 Å². The highest BCUT2D eigenvalue weighted by atomic mass is 32.2. The van der Waals surface area contributed by atoms with Crippen LogP contribution in [0, 0.1) is 6.92 Å². The van der Waals surface area contributed by atoms with Gasteiger partial charge in [-0.2, -0.15) is 0 Å². The van der Waals surface area contributed by atoms with Crippen molar-refractivity contribution in [2.75, 3.05) is 0 Å². The molecule has 0 saturated heterocycles. The Morgan fingerprint density at radius 3 is 2.64 bits per heavy atom. The lowest BCUT2D eigenvalue weighted by Crippen LogP contribution is -1.91. The van der Waals surface area contributed by atoms with E-state index in [0.717, 1.165) is 12.8 Å². The second-order valence-corrected chi connectivity index (χ2v) is 6.79. The maximum absolute atomic E-state index is 4.00. The van der Waals surface area contributed by atoms with E-state index < -0.39 is 0 Å². The van der Waals surface area contributed by atoms with Crippen molar-refractivity contribution in [1.29, 1.82) is 0 Å². The van der Waals surface area contributed by atoms with E-state index in [1.54, 1.807) is 0 Å². The summed E-state index contributed by atoms with van der Waals surface area (Å²) in [6.45, 7) is 10.4. The molecular weight excluding hydrogens is 284 g/mol. The van der Waals surface area contributed by atoms with Gasteiger partial charge in [0.2, 0.25) is 0 Å². The summed E-state index contributed by atoms with van der Waals surface area (Å²) < 4.78 is 0. The molecule has 0 atom stereocenters. The first-order chi connectivity index (χ1) is 10.6. The normalized spacial score (nSPS) is 14.5. The van der Waals surface area contributed by atoms with Gasteiger partial charge in [0.15, 0.2) is 0 Å². The SMILES string of the molecule is C=C/C(=C\C=C(C)C)c1cccc(C)c1SC1=CCCC=C1. The smallest absolute Gasteiger partial charge is 0.0229 e. The van der Waals surface area contributed by atoms with Crippen LogP contribution in [0.15, 0.2) is 76.6 Å². The van der Waals surface area contributed by atoms with Crippen molar-refractivity contribution in [2.45, 2.75) is 38.5 Å². The molecule has 0 amide bonds. The van der Waals surface area contributed by atoms with Crippen LogP contribution >= 0.6 is 11.8 Å². The van der Waals surface area contributed by atoms with Crippen LogP contribution in [0.4, 0.5) is 0 Å². The molecule has 1 heteroatoms. The first kappa shape index (κ1) is 16.6. The molecule has 0 aromatic heterocycles. The third-order valence-corrected chi connectivity index (χ3v) is 4.80. The van der Waals surface area contributed by atoms with E-state index in [0.29, 0.717) is 0 Å². The summed E-state index contributed by atoms with van der Waals surface area (Å²) in [5.74, 6) is 0. The minimum atomic E-state index is 1.14. The molecule has 0 bridgehead atoms. The van der Waals surface area contributed by atoms with Gasteiger partial charge in [-0.1, -0.05) is 78.6 Å². The molecule has 1 aliphatic rings. The predicted molar refractivity (Wildman–Crippen MR) is 101 cm³/mol. The molecule has 0 aliphatic heterocycles. The number of rotatable bonds is 5. The minimum absolute atomic E-state index is 1.14. The highest BCUT2D eigenvalue weighted by molar-refractivity contribution is 8.03. The van der Waals surface area contributed by atoms with Gasteiger partial charge in [-0.25, -0.2) is 0 Å². The summed E-state index contributed by atoms with van der Waals surface area (Å²) in [4.78, 5) is 2.67. The second kappa shape index (κ2) is 8.05. The molecular formula is C21H24S. The van der Waals surface area contributed by atoms with Crippen molar-refractivity contribution in [2.24, 2.45) is 0 Å². The van der Waals surface area contributed by atoms with Crippen molar-refractivity contribution in [1.82, 2.24) is 0 Å². The summed E-state index contributed by atoms with van der Waals surface area (Å²) in [5.41, 5.74) is 5.04. The molecule has 114 valence electrons. The fourth-order valence-electron chi connectivity index (χ4n) is 2.32. The predicted octanol–water partition coefficient (Wildman–Crippen LogP) is 6.86. The number of thioether (sulfide) groups is 1. The molecule has 1 aromatic carbocycles. The zero-order valence-corrected chi connectivity index (χ0v) is 14.5. The molecule has 0 N–H and O–H groups in total. The van der Waals surface area contributed by atoms with E-state index in [4.69, 9.17) is 0 Å². The number of allylic oxidation sites excluding steroid dienone is 8. The van der Waals surface area contributed by atoms with E-state index in [-0.39, 0.29) is 0 Å². The van der Waals surface area contributed by atoms with Crippen LogP contribution in [-0.4, -0.2) is 0 Å². The van der Waals surface area contributed by atoms with Crippen LogP contribution in [0.2, 0.25) is 0 Å². The van der Waals surface area contributed by atoms with Gasteiger partial charge < -0.3 is 0 Å². The minimum Gasteiger partial charge on any atom is -0.0984 e. The van der Waals surface area contributed by atoms with Gasteiger partial charge in [0.25, 0.3) is 0 Å². The fourth-order valence-corrected chi connectivity index (χ4v) is 3.45. The lowest BCUT2D eigenvalue weighted by Gasteiger charge is -2.14. The van der Waals surface area contributed by atoms with Gasteiger partial charge in [-0.3, -0.25) is 0 Å². The largest absolute Gasteiger partial charge is 0.0984 e. The van der Waals surface area contributed by atoms with Crippen molar-refractivity contribution < 1.29 is 0 Å². The quantitative estimate of drug-likeness (QED) is 0.536. The highest BCUT2D eigenvalue weighted by Crippen LogP contribution is 2.37. The molecule has 1 aliphatic carbocycles. The topological polar surface area (TPSA) is 0 Å². The monoisotopic (exact) mass is 308 g/mol. The molecule has 0 radical (unpaired) electrons. The van der Waals surface area contributed by atoms with Gasteiger partial charge in [-0.15, -0.1) is 0 Å². The van der Waals surface area contributed by atoms with Crippen LogP contribution in [0.1, 0.15) is 37.8 Å². The van der Waals surface area contributed by atoms with Crippen molar-refractivity contribution in [3.8, 4) is 0 Å². The van der Waals surface area contributed by atoms with Crippen LogP contribution in [-0.2, 0) is 0 Å². The van der Waals surface area contributed by atoms with Crippen molar-refractivity contribution in [3.63, 3.8) is 0 Å². The van der Waals surface area contributed by atoms with Crippen LogP contribution < -0.4 is 0 Å². The Morgan fingerprint density at radius 1 is 1.18 bits per heavy atom. The van der Waals surface area contributed by atoms with Crippen molar-refractivity contribution >= 4 is 17.3 Å². The maximum atomic E-state index is 4.00. The molecule has 1 aromatic rings. The Hall–Kier alpha value is -1.73. The van der Waals surface area contributed by atoms with E-state index in [1.807, 2.05) is 17.8 Å². The highest BCUT2D eigenvalue weighted by Gasteiger charge is 2.11. The van der Waals surface area contributed by atoms with Crippen LogP contribution in [0.3, 0.4) is 0 Å². The van der Waals surface area contributed by atoms with Gasteiger partial charge >= 0.3 is 0 Å². The number of aryl methyl sites for hydroxylation is 1. The van der Waals surface area contributed by atoms with E-state index in [1.165, 1.54) is 32.1 Å². The Labute approximate surface area is 139 Å².